The van der Waals surface area contributed by atoms with Crippen LogP contribution in [0.2, 0.25) is 5.02 Å². The summed E-state index contributed by atoms with van der Waals surface area (Å²) >= 11 is 8.28. The number of thioether (sulfide) groups is 1. The van der Waals surface area contributed by atoms with Crippen LogP contribution < -0.4 is 5.73 Å². The lowest BCUT2D eigenvalue weighted by atomic mass is 10.1. The Morgan fingerprint density at radius 1 is 1.42 bits per heavy atom. The molecule has 0 saturated heterocycles. The molecule has 1 aliphatic rings. The molecule has 2 aromatic rings. The first-order valence-corrected chi connectivity index (χ1v) is 8.21. The molecule has 0 spiro atoms. The van der Waals surface area contributed by atoms with Crippen LogP contribution >= 0.6 is 23.4 Å². The molecule has 1 saturated carbocycles. The Balaban J connectivity index is 2.07. The predicted octanol–water partition coefficient (Wildman–Crippen LogP) is 3.95. The summed E-state index contributed by atoms with van der Waals surface area (Å²) in [5.41, 5.74) is 7.96. The largest absolute Gasteiger partial charge is 0.369 e. The van der Waals surface area contributed by atoms with Gasteiger partial charge in [0.1, 0.15) is 0 Å². The normalized spacial score (nSPS) is 18.2. The van der Waals surface area contributed by atoms with E-state index in [1.165, 1.54) is 25.7 Å². The maximum Gasteiger partial charge on any atom is 0.201 e. The summed E-state index contributed by atoms with van der Waals surface area (Å²) in [5, 5.41) is 0.732. The fourth-order valence-electron chi connectivity index (χ4n) is 3.05. The van der Waals surface area contributed by atoms with Crippen LogP contribution in [-0.2, 0) is 6.54 Å². The van der Waals surface area contributed by atoms with E-state index in [9.17, 15) is 0 Å². The molecule has 1 aromatic heterocycles. The second-order valence-corrected chi connectivity index (χ2v) is 6.94. The number of nitrogens with zero attached hydrogens (tertiary/aromatic N) is 2. The summed E-state index contributed by atoms with van der Waals surface area (Å²) in [6, 6.07) is 5.79. The van der Waals surface area contributed by atoms with E-state index in [-0.39, 0.29) is 0 Å². The molecule has 1 aromatic carbocycles. The number of anilines is 1. The number of rotatable bonds is 3. The van der Waals surface area contributed by atoms with E-state index in [1.54, 1.807) is 0 Å². The van der Waals surface area contributed by atoms with Crippen LogP contribution in [0.5, 0.6) is 0 Å². The number of hydrogen-bond acceptors (Lipinski definition) is 3. The fourth-order valence-corrected chi connectivity index (χ4v) is 4.28. The molecule has 0 radical (unpaired) electrons. The first kappa shape index (κ1) is 13.1. The number of para-hydroxylation sites is 1. The third-order valence-electron chi connectivity index (χ3n) is 4.14. The number of halogens is 1. The van der Waals surface area contributed by atoms with E-state index in [0.29, 0.717) is 10.7 Å². The van der Waals surface area contributed by atoms with Gasteiger partial charge in [-0.3, -0.25) is 0 Å². The molecule has 5 heteroatoms. The van der Waals surface area contributed by atoms with Gasteiger partial charge in [0, 0.05) is 11.3 Å². The first-order valence-electron chi connectivity index (χ1n) is 6.61. The monoisotopic (exact) mass is 295 g/mol. The van der Waals surface area contributed by atoms with Crippen molar-refractivity contribution >= 4 is 40.3 Å². The average molecular weight is 296 g/mol. The third kappa shape index (κ3) is 2.21. The second-order valence-electron chi connectivity index (χ2n) is 5.26. The average Bonchev–Trinajstić information content (AvgIpc) is 2.97. The molecule has 3 nitrogen and oxygen atoms in total. The van der Waals surface area contributed by atoms with Gasteiger partial charge in [-0.1, -0.05) is 30.5 Å². The lowest BCUT2D eigenvalue weighted by Crippen LogP contribution is -2.27. The van der Waals surface area contributed by atoms with Crippen LogP contribution in [0.25, 0.3) is 11.0 Å². The highest BCUT2D eigenvalue weighted by molar-refractivity contribution is 8.00. The molecular weight excluding hydrogens is 278 g/mol. The van der Waals surface area contributed by atoms with Gasteiger partial charge in [-0.15, -0.1) is 0 Å². The standard InChI is InChI=1S/C14H18ClN3S/c1-19-14(7-2-3-8-14)9-18-12-10(15)5-4-6-11(12)17-13(18)16/h4-6H,2-3,7-9H2,1H3,(H2,16,17). The summed E-state index contributed by atoms with van der Waals surface area (Å²) in [6.45, 7) is 0.903. The summed E-state index contributed by atoms with van der Waals surface area (Å²) in [4.78, 5) is 4.43. The van der Waals surface area contributed by atoms with Crippen LogP contribution in [0.3, 0.4) is 0 Å². The van der Waals surface area contributed by atoms with Gasteiger partial charge in [0.05, 0.1) is 16.1 Å². The Morgan fingerprint density at radius 3 is 2.84 bits per heavy atom. The Morgan fingerprint density at radius 2 is 2.16 bits per heavy atom. The maximum atomic E-state index is 6.33. The van der Waals surface area contributed by atoms with Crippen molar-refractivity contribution in [3.05, 3.63) is 23.2 Å². The molecule has 1 heterocycles. The minimum atomic E-state index is 0.293. The van der Waals surface area contributed by atoms with Crippen molar-refractivity contribution in [3.8, 4) is 0 Å². The molecule has 0 bridgehead atoms. The SMILES string of the molecule is CSC1(Cn2c(N)nc3cccc(Cl)c32)CCCC1. The smallest absolute Gasteiger partial charge is 0.201 e. The molecule has 3 rings (SSSR count). The van der Waals surface area contributed by atoms with E-state index in [2.05, 4.69) is 15.8 Å². The lowest BCUT2D eigenvalue weighted by molar-refractivity contribution is 0.518. The predicted molar refractivity (Wildman–Crippen MR) is 83.9 cm³/mol. The van der Waals surface area contributed by atoms with Crippen molar-refractivity contribution in [1.82, 2.24) is 9.55 Å². The van der Waals surface area contributed by atoms with Gasteiger partial charge in [0.25, 0.3) is 0 Å². The molecule has 0 unspecified atom stereocenters. The molecule has 2 N–H and O–H groups in total. The van der Waals surface area contributed by atoms with Gasteiger partial charge in [0.15, 0.2) is 0 Å². The molecule has 0 amide bonds. The highest BCUT2D eigenvalue weighted by Gasteiger charge is 2.34. The summed E-state index contributed by atoms with van der Waals surface area (Å²) in [7, 11) is 0. The number of imidazole rings is 1. The number of benzene rings is 1. The maximum absolute atomic E-state index is 6.33. The molecule has 19 heavy (non-hydrogen) atoms. The zero-order chi connectivity index (χ0) is 13.5. The second kappa shape index (κ2) is 4.91. The number of nitrogens with two attached hydrogens (primary N) is 1. The highest BCUT2D eigenvalue weighted by Crippen LogP contribution is 2.42. The number of hydrogen-bond donors (Lipinski definition) is 1. The van der Waals surface area contributed by atoms with Gasteiger partial charge in [-0.05, 0) is 31.2 Å². The van der Waals surface area contributed by atoms with Crippen molar-refractivity contribution in [3.63, 3.8) is 0 Å². The van der Waals surface area contributed by atoms with Gasteiger partial charge in [-0.25, -0.2) is 4.98 Å². The molecule has 102 valence electrons. The van der Waals surface area contributed by atoms with E-state index in [1.807, 2.05) is 30.0 Å². The zero-order valence-corrected chi connectivity index (χ0v) is 12.6. The number of aromatic nitrogens is 2. The van der Waals surface area contributed by atoms with Gasteiger partial charge in [-0.2, -0.15) is 11.8 Å². The third-order valence-corrected chi connectivity index (χ3v) is 5.85. The van der Waals surface area contributed by atoms with Crippen LogP contribution in [0.4, 0.5) is 5.95 Å². The van der Waals surface area contributed by atoms with Crippen LogP contribution in [-0.4, -0.2) is 20.6 Å². The Hall–Kier alpha value is -0.870. The minimum absolute atomic E-state index is 0.293. The van der Waals surface area contributed by atoms with E-state index in [0.717, 1.165) is 22.6 Å². The van der Waals surface area contributed by atoms with Crippen molar-refractivity contribution in [2.75, 3.05) is 12.0 Å². The fraction of sp³-hybridized carbons (Fsp3) is 0.500. The van der Waals surface area contributed by atoms with Crippen molar-refractivity contribution in [2.45, 2.75) is 37.0 Å². The molecular formula is C14H18ClN3S. The summed E-state index contributed by atoms with van der Waals surface area (Å²) < 4.78 is 2.39. The summed E-state index contributed by atoms with van der Waals surface area (Å²) in [5.74, 6) is 0.573. The quantitative estimate of drug-likeness (QED) is 0.932. The van der Waals surface area contributed by atoms with Gasteiger partial charge in [0.2, 0.25) is 5.95 Å². The molecule has 0 aliphatic heterocycles. The van der Waals surface area contributed by atoms with Crippen molar-refractivity contribution in [1.29, 1.82) is 0 Å². The summed E-state index contributed by atoms with van der Waals surface area (Å²) in [6.07, 6.45) is 7.31. The van der Waals surface area contributed by atoms with Crippen LogP contribution in [0.15, 0.2) is 18.2 Å². The molecule has 0 atom stereocenters. The number of nitrogen functional groups attached to an aromatic ring is 1. The first-order chi connectivity index (χ1) is 9.15. The minimum Gasteiger partial charge on any atom is -0.369 e. The van der Waals surface area contributed by atoms with E-state index >= 15 is 0 Å². The Bertz CT molecular complexity index is 602. The van der Waals surface area contributed by atoms with E-state index in [4.69, 9.17) is 17.3 Å². The topological polar surface area (TPSA) is 43.8 Å². The Labute approximate surface area is 122 Å². The van der Waals surface area contributed by atoms with Crippen molar-refractivity contribution < 1.29 is 0 Å². The highest BCUT2D eigenvalue weighted by atomic mass is 35.5. The Kier molecular flexibility index (Phi) is 3.39. The number of fused-ring (bicyclic) bond motifs is 1. The van der Waals surface area contributed by atoms with Crippen molar-refractivity contribution in [2.24, 2.45) is 0 Å². The van der Waals surface area contributed by atoms with Gasteiger partial charge >= 0.3 is 0 Å². The molecule has 1 fully saturated rings. The zero-order valence-electron chi connectivity index (χ0n) is 11.0. The molecule has 1 aliphatic carbocycles. The lowest BCUT2D eigenvalue weighted by Gasteiger charge is -2.28. The van der Waals surface area contributed by atoms with E-state index < -0.39 is 0 Å². The van der Waals surface area contributed by atoms with Crippen LogP contribution in [0.1, 0.15) is 25.7 Å². The van der Waals surface area contributed by atoms with Crippen LogP contribution in [0, 0.1) is 0 Å². The van der Waals surface area contributed by atoms with Gasteiger partial charge < -0.3 is 10.3 Å².